The van der Waals surface area contributed by atoms with Gasteiger partial charge in [-0.1, -0.05) is 0 Å². The Morgan fingerprint density at radius 3 is 3.00 bits per heavy atom. The van der Waals surface area contributed by atoms with Crippen molar-refractivity contribution in [1.29, 1.82) is 0 Å². The molecule has 11 heavy (non-hydrogen) atoms. The number of aromatic nitrogens is 1. The smallest absolute Gasteiger partial charge is 0.228 e. The van der Waals surface area contributed by atoms with E-state index in [4.69, 9.17) is 9.88 Å². The van der Waals surface area contributed by atoms with E-state index in [9.17, 15) is 0 Å². The van der Waals surface area contributed by atoms with Gasteiger partial charge in [-0.15, -0.1) is 0 Å². The second kappa shape index (κ2) is 3.94. The Hall–Kier alpha value is -0.260. The fourth-order valence-corrected chi connectivity index (χ4v) is 1.56. The average molecular weight is 235 g/mol. The van der Waals surface area contributed by atoms with Crippen molar-refractivity contribution in [3.8, 4) is 5.88 Å². The van der Waals surface area contributed by atoms with E-state index in [1.165, 1.54) is 0 Å². The highest BCUT2D eigenvalue weighted by Crippen LogP contribution is 2.25. The molecular weight excluding hydrogens is 228 g/mol. The summed E-state index contributed by atoms with van der Waals surface area (Å²) in [5, 5.41) is 5.37. The van der Waals surface area contributed by atoms with Crippen LogP contribution in [0.5, 0.6) is 5.88 Å². The van der Waals surface area contributed by atoms with Crippen molar-refractivity contribution in [3.63, 3.8) is 0 Å². The van der Waals surface area contributed by atoms with Crippen LogP contribution in [-0.4, -0.2) is 12.1 Å². The molecule has 0 aliphatic carbocycles. The van der Waals surface area contributed by atoms with Gasteiger partial charge < -0.3 is 4.74 Å². The third kappa shape index (κ3) is 2.08. The normalized spacial score (nSPS) is 9.73. The molecule has 0 amide bonds. The summed E-state index contributed by atoms with van der Waals surface area (Å²) in [6.45, 7) is 0. The molecule has 60 valence electrons. The first-order chi connectivity index (χ1) is 5.27. The van der Waals surface area contributed by atoms with Crippen LogP contribution in [0.3, 0.4) is 0 Å². The van der Waals surface area contributed by atoms with Gasteiger partial charge in [-0.25, -0.2) is 4.98 Å². The van der Waals surface area contributed by atoms with Gasteiger partial charge in [0.25, 0.3) is 0 Å². The van der Waals surface area contributed by atoms with E-state index < -0.39 is 0 Å². The molecule has 1 aromatic heterocycles. The van der Waals surface area contributed by atoms with Gasteiger partial charge in [0.05, 0.1) is 12.0 Å². The third-order valence-electron chi connectivity index (χ3n) is 1.11. The summed E-state index contributed by atoms with van der Waals surface area (Å²) in [6.07, 6.45) is 1.67. The molecule has 5 heteroatoms. The first-order valence-corrected chi connectivity index (χ1v) is 4.51. The maximum absolute atomic E-state index is 5.37. The van der Waals surface area contributed by atoms with Crippen molar-refractivity contribution in [2.75, 3.05) is 7.11 Å². The maximum atomic E-state index is 5.37. The summed E-state index contributed by atoms with van der Waals surface area (Å²) < 4.78 is 5.85. The molecule has 0 fully saturated rings. The van der Waals surface area contributed by atoms with Crippen LogP contribution >= 0.6 is 27.9 Å². The van der Waals surface area contributed by atoms with Gasteiger partial charge in [0, 0.05) is 10.7 Å². The molecule has 1 rings (SSSR count). The lowest BCUT2D eigenvalue weighted by molar-refractivity contribution is 0.387. The van der Waals surface area contributed by atoms with Crippen LogP contribution in [0.1, 0.15) is 0 Å². The van der Waals surface area contributed by atoms with E-state index in [-0.39, 0.29) is 0 Å². The molecule has 0 radical (unpaired) electrons. The highest BCUT2D eigenvalue weighted by molar-refractivity contribution is 9.10. The van der Waals surface area contributed by atoms with E-state index in [1.54, 1.807) is 13.3 Å². The van der Waals surface area contributed by atoms with E-state index in [2.05, 4.69) is 20.9 Å². The predicted molar refractivity (Wildman–Crippen MR) is 48.5 cm³/mol. The van der Waals surface area contributed by atoms with Gasteiger partial charge in [-0.05, 0) is 33.9 Å². The van der Waals surface area contributed by atoms with E-state index in [0.717, 1.165) is 21.3 Å². The predicted octanol–water partition coefficient (Wildman–Crippen LogP) is 1.82. The SMILES string of the molecule is COc1ncc(Br)cc1SN. The maximum Gasteiger partial charge on any atom is 0.228 e. The Labute approximate surface area is 77.6 Å². The summed E-state index contributed by atoms with van der Waals surface area (Å²) in [5.74, 6) is 0.556. The summed E-state index contributed by atoms with van der Waals surface area (Å²) in [4.78, 5) is 4.82. The molecule has 0 bridgehead atoms. The Morgan fingerprint density at radius 2 is 2.45 bits per heavy atom. The number of halogens is 1. The molecule has 0 unspecified atom stereocenters. The first-order valence-electron chi connectivity index (χ1n) is 2.84. The lowest BCUT2D eigenvalue weighted by Crippen LogP contribution is -1.91. The molecule has 2 N–H and O–H groups in total. The quantitative estimate of drug-likeness (QED) is 0.794. The van der Waals surface area contributed by atoms with Crippen LogP contribution in [0.2, 0.25) is 0 Å². The standard InChI is InChI=1S/C6H7BrN2OS/c1-10-6-5(11-8)2-4(7)3-9-6/h2-3H,8H2,1H3. The zero-order valence-electron chi connectivity index (χ0n) is 5.87. The number of pyridine rings is 1. The highest BCUT2D eigenvalue weighted by Gasteiger charge is 2.02. The van der Waals surface area contributed by atoms with Crippen LogP contribution in [0.25, 0.3) is 0 Å². The minimum absolute atomic E-state index is 0.556. The van der Waals surface area contributed by atoms with Gasteiger partial charge in [0.1, 0.15) is 0 Å². The van der Waals surface area contributed by atoms with Gasteiger partial charge in [0.2, 0.25) is 5.88 Å². The highest BCUT2D eigenvalue weighted by atomic mass is 79.9. The van der Waals surface area contributed by atoms with Crippen LogP contribution in [0.15, 0.2) is 21.6 Å². The van der Waals surface area contributed by atoms with Crippen LogP contribution in [0, 0.1) is 0 Å². The molecule has 1 aromatic rings. The van der Waals surface area contributed by atoms with Crippen molar-refractivity contribution in [1.82, 2.24) is 4.98 Å². The summed E-state index contributed by atoms with van der Waals surface area (Å²) in [6, 6.07) is 1.86. The second-order valence-electron chi connectivity index (χ2n) is 1.78. The van der Waals surface area contributed by atoms with Crippen molar-refractivity contribution >= 4 is 27.9 Å². The molecule has 0 saturated heterocycles. The fraction of sp³-hybridized carbons (Fsp3) is 0.167. The second-order valence-corrected chi connectivity index (χ2v) is 3.37. The van der Waals surface area contributed by atoms with Crippen molar-refractivity contribution < 1.29 is 4.74 Å². The first kappa shape index (κ1) is 8.83. The number of nitrogens with two attached hydrogens (primary N) is 1. The largest absolute Gasteiger partial charge is 0.480 e. The Bertz CT molecular complexity index is 256. The van der Waals surface area contributed by atoms with Crippen molar-refractivity contribution in [2.45, 2.75) is 4.90 Å². The molecule has 0 aliphatic heterocycles. The monoisotopic (exact) mass is 234 g/mol. The Balaban J connectivity index is 3.06. The molecule has 0 aromatic carbocycles. The molecule has 1 heterocycles. The number of ether oxygens (including phenoxy) is 1. The average Bonchev–Trinajstić information content (AvgIpc) is 2.04. The molecule has 0 aliphatic rings. The fourth-order valence-electron chi connectivity index (χ4n) is 0.646. The zero-order chi connectivity index (χ0) is 8.27. The van der Waals surface area contributed by atoms with Gasteiger partial charge in [-0.3, -0.25) is 5.14 Å². The van der Waals surface area contributed by atoms with Crippen LogP contribution < -0.4 is 9.88 Å². The van der Waals surface area contributed by atoms with E-state index in [1.807, 2.05) is 6.07 Å². The lowest BCUT2D eigenvalue weighted by Gasteiger charge is -2.03. The number of hydrogen-bond donors (Lipinski definition) is 1. The number of hydrogen-bond acceptors (Lipinski definition) is 4. The van der Waals surface area contributed by atoms with Crippen LogP contribution in [0.4, 0.5) is 0 Å². The molecule has 3 nitrogen and oxygen atoms in total. The van der Waals surface area contributed by atoms with Crippen molar-refractivity contribution in [3.05, 3.63) is 16.7 Å². The number of nitrogens with zero attached hydrogens (tertiary/aromatic N) is 1. The third-order valence-corrected chi connectivity index (χ3v) is 2.09. The van der Waals surface area contributed by atoms with Crippen molar-refractivity contribution in [2.24, 2.45) is 5.14 Å². The Kier molecular flexibility index (Phi) is 3.16. The Morgan fingerprint density at radius 1 is 1.73 bits per heavy atom. The zero-order valence-corrected chi connectivity index (χ0v) is 8.28. The number of methoxy groups -OCH3 is 1. The molecule has 0 atom stereocenters. The summed E-state index contributed by atoms with van der Waals surface area (Å²) in [7, 11) is 1.57. The minimum Gasteiger partial charge on any atom is -0.480 e. The topological polar surface area (TPSA) is 48.1 Å². The lowest BCUT2D eigenvalue weighted by atomic mass is 10.5. The molecular formula is C6H7BrN2OS. The summed E-state index contributed by atoms with van der Waals surface area (Å²) in [5.41, 5.74) is 0. The summed E-state index contributed by atoms with van der Waals surface area (Å²) >= 11 is 4.40. The van der Waals surface area contributed by atoms with Crippen LogP contribution in [-0.2, 0) is 0 Å². The van der Waals surface area contributed by atoms with E-state index >= 15 is 0 Å². The van der Waals surface area contributed by atoms with E-state index in [0.29, 0.717) is 5.88 Å². The molecule has 0 saturated carbocycles. The van der Waals surface area contributed by atoms with Gasteiger partial charge in [-0.2, -0.15) is 0 Å². The molecule has 0 spiro atoms. The minimum atomic E-state index is 0.556. The van der Waals surface area contributed by atoms with Gasteiger partial charge in [0.15, 0.2) is 0 Å². The number of rotatable bonds is 2. The van der Waals surface area contributed by atoms with Gasteiger partial charge >= 0.3 is 0 Å².